The predicted molar refractivity (Wildman–Crippen MR) is 81.9 cm³/mol. The van der Waals surface area contributed by atoms with Gasteiger partial charge in [0.25, 0.3) is 5.91 Å². The number of carbonyl (C=O) groups excluding carboxylic acids is 1. The van der Waals surface area contributed by atoms with Crippen LogP contribution in [-0.2, 0) is 0 Å². The fourth-order valence-electron chi connectivity index (χ4n) is 2.08. The van der Waals surface area contributed by atoms with E-state index in [1.54, 1.807) is 11.8 Å². The van der Waals surface area contributed by atoms with Gasteiger partial charge in [-0.15, -0.1) is 0 Å². The second-order valence-corrected chi connectivity index (χ2v) is 6.82. The van der Waals surface area contributed by atoms with Gasteiger partial charge in [-0.1, -0.05) is 6.92 Å². The van der Waals surface area contributed by atoms with Crippen LogP contribution in [0.15, 0.2) is 15.5 Å². The Morgan fingerprint density at radius 1 is 1.63 bits per heavy atom. The largest absolute Gasteiger partial charge is 0.363 e. The third kappa shape index (κ3) is 3.05. The van der Waals surface area contributed by atoms with Crippen molar-refractivity contribution in [3.8, 4) is 0 Å². The van der Waals surface area contributed by atoms with E-state index in [9.17, 15) is 9.59 Å². The molecular formula is C13H17BrN2O2S. The summed E-state index contributed by atoms with van der Waals surface area (Å²) in [4.78, 5) is 29.3. The first-order chi connectivity index (χ1) is 9.04. The molecule has 1 aromatic heterocycles. The van der Waals surface area contributed by atoms with Crippen LogP contribution in [0.5, 0.6) is 0 Å². The van der Waals surface area contributed by atoms with E-state index in [1.807, 2.05) is 11.8 Å². The summed E-state index contributed by atoms with van der Waals surface area (Å²) >= 11 is 5.13. The second-order valence-electron chi connectivity index (χ2n) is 4.62. The molecule has 1 atom stereocenters. The Labute approximate surface area is 125 Å². The van der Waals surface area contributed by atoms with Crippen molar-refractivity contribution in [3.63, 3.8) is 0 Å². The van der Waals surface area contributed by atoms with Crippen molar-refractivity contribution in [1.29, 1.82) is 0 Å². The van der Waals surface area contributed by atoms with E-state index in [4.69, 9.17) is 0 Å². The number of rotatable bonds is 2. The number of carbonyl (C=O) groups is 1. The fraction of sp³-hybridized carbons (Fsp3) is 0.538. The number of H-pyrrole nitrogens is 1. The van der Waals surface area contributed by atoms with E-state index in [-0.39, 0.29) is 16.9 Å². The molecule has 0 aliphatic carbocycles. The SMILES string of the molecule is CC[C@@H]1CN(C(=O)c2c[nH]c(C)c(Br)c2=O)CCS1. The van der Waals surface area contributed by atoms with Gasteiger partial charge in [0.2, 0.25) is 5.43 Å². The number of hydrogen-bond donors (Lipinski definition) is 1. The summed E-state index contributed by atoms with van der Waals surface area (Å²) in [7, 11) is 0. The lowest BCUT2D eigenvalue weighted by Crippen LogP contribution is -2.43. The lowest BCUT2D eigenvalue weighted by molar-refractivity contribution is 0.0759. The van der Waals surface area contributed by atoms with Crippen LogP contribution in [0.2, 0.25) is 0 Å². The van der Waals surface area contributed by atoms with Crippen molar-refractivity contribution in [2.75, 3.05) is 18.8 Å². The molecule has 0 aromatic carbocycles. The number of hydrogen-bond acceptors (Lipinski definition) is 3. The first-order valence-corrected chi connectivity index (χ1v) is 8.17. The average Bonchev–Trinajstić information content (AvgIpc) is 2.44. The van der Waals surface area contributed by atoms with Crippen LogP contribution >= 0.6 is 27.7 Å². The van der Waals surface area contributed by atoms with Crippen LogP contribution in [0.4, 0.5) is 0 Å². The number of pyridine rings is 1. The standard InChI is InChI=1S/C13H17BrN2O2S/c1-3-9-7-16(4-5-19-9)13(18)10-6-15-8(2)11(14)12(10)17/h6,9H,3-5,7H2,1-2H3,(H,15,17)/t9-/m1/s1. The molecule has 1 aliphatic heterocycles. The minimum atomic E-state index is -0.229. The highest BCUT2D eigenvalue weighted by molar-refractivity contribution is 9.10. The third-order valence-corrected chi connectivity index (χ3v) is 5.64. The van der Waals surface area contributed by atoms with Crippen molar-refractivity contribution in [3.05, 3.63) is 32.2 Å². The molecule has 1 aromatic rings. The van der Waals surface area contributed by atoms with Crippen LogP contribution < -0.4 is 5.43 Å². The number of aromatic nitrogens is 1. The number of thioether (sulfide) groups is 1. The normalized spacial score (nSPS) is 19.5. The van der Waals surface area contributed by atoms with Crippen molar-refractivity contribution < 1.29 is 4.79 Å². The monoisotopic (exact) mass is 344 g/mol. The molecule has 0 spiro atoms. The Morgan fingerprint density at radius 2 is 2.37 bits per heavy atom. The van der Waals surface area contributed by atoms with Gasteiger partial charge in [-0.2, -0.15) is 11.8 Å². The third-order valence-electron chi connectivity index (χ3n) is 3.32. The number of aromatic amines is 1. The van der Waals surface area contributed by atoms with Crippen molar-refractivity contribution in [2.24, 2.45) is 0 Å². The van der Waals surface area contributed by atoms with E-state index in [2.05, 4.69) is 27.8 Å². The van der Waals surface area contributed by atoms with E-state index >= 15 is 0 Å². The van der Waals surface area contributed by atoms with Crippen LogP contribution in [0, 0.1) is 6.92 Å². The molecule has 104 valence electrons. The molecule has 0 saturated carbocycles. The molecule has 1 saturated heterocycles. The molecular weight excluding hydrogens is 328 g/mol. The zero-order valence-electron chi connectivity index (χ0n) is 11.0. The summed E-state index contributed by atoms with van der Waals surface area (Å²) in [5.74, 6) is 0.774. The maximum Gasteiger partial charge on any atom is 0.259 e. The molecule has 2 heterocycles. The summed E-state index contributed by atoms with van der Waals surface area (Å²) < 4.78 is 0.441. The number of nitrogens with zero attached hydrogens (tertiary/aromatic N) is 1. The zero-order valence-corrected chi connectivity index (χ0v) is 13.4. The maximum atomic E-state index is 12.4. The average molecular weight is 345 g/mol. The number of aryl methyl sites for hydroxylation is 1. The van der Waals surface area contributed by atoms with Crippen LogP contribution in [0.25, 0.3) is 0 Å². The molecule has 1 amide bonds. The van der Waals surface area contributed by atoms with Gasteiger partial charge in [0, 0.05) is 36.0 Å². The number of halogens is 1. The zero-order chi connectivity index (χ0) is 14.0. The van der Waals surface area contributed by atoms with Gasteiger partial charge in [0.05, 0.1) is 4.47 Å². The Kier molecular flexibility index (Phi) is 4.73. The highest BCUT2D eigenvalue weighted by Crippen LogP contribution is 2.22. The first-order valence-electron chi connectivity index (χ1n) is 6.33. The van der Waals surface area contributed by atoms with E-state index < -0.39 is 0 Å². The molecule has 6 heteroatoms. The molecule has 1 fully saturated rings. The van der Waals surface area contributed by atoms with Gasteiger partial charge in [-0.05, 0) is 29.3 Å². The quantitative estimate of drug-likeness (QED) is 0.896. The number of nitrogens with one attached hydrogen (secondary N) is 1. The van der Waals surface area contributed by atoms with Crippen molar-refractivity contribution in [2.45, 2.75) is 25.5 Å². The lowest BCUT2D eigenvalue weighted by Gasteiger charge is -2.31. The Balaban J connectivity index is 2.25. The van der Waals surface area contributed by atoms with Gasteiger partial charge in [0.15, 0.2) is 0 Å². The topological polar surface area (TPSA) is 53.2 Å². The molecule has 19 heavy (non-hydrogen) atoms. The van der Waals surface area contributed by atoms with Gasteiger partial charge in [-0.25, -0.2) is 0 Å². The van der Waals surface area contributed by atoms with E-state index in [1.165, 1.54) is 6.20 Å². The summed E-state index contributed by atoms with van der Waals surface area (Å²) in [6.45, 7) is 5.36. The van der Waals surface area contributed by atoms with Crippen LogP contribution in [-0.4, -0.2) is 39.9 Å². The Bertz CT molecular complexity index is 544. The highest BCUT2D eigenvalue weighted by atomic mass is 79.9. The molecule has 0 unspecified atom stereocenters. The predicted octanol–water partition coefficient (Wildman–Crippen LogP) is 2.41. The smallest absolute Gasteiger partial charge is 0.259 e. The van der Waals surface area contributed by atoms with Gasteiger partial charge >= 0.3 is 0 Å². The van der Waals surface area contributed by atoms with E-state index in [0.717, 1.165) is 24.4 Å². The van der Waals surface area contributed by atoms with E-state index in [0.29, 0.717) is 16.3 Å². The fourth-order valence-corrected chi connectivity index (χ4v) is 3.59. The molecule has 2 rings (SSSR count). The van der Waals surface area contributed by atoms with Crippen LogP contribution in [0.1, 0.15) is 29.4 Å². The summed E-state index contributed by atoms with van der Waals surface area (Å²) in [5, 5.41) is 0.477. The minimum Gasteiger partial charge on any atom is -0.363 e. The molecule has 0 radical (unpaired) electrons. The Hall–Kier alpha value is -0.750. The van der Waals surface area contributed by atoms with Gasteiger partial charge in [0.1, 0.15) is 5.56 Å². The summed E-state index contributed by atoms with van der Waals surface area (Å²) in [5.41, 5.74) is 0.730. The number of amides is 1. The maximum absolute atomic E-state index is 12.4. The molecule has 4 nitrogen and oxygen atoms in total. The van der Waals surface area contributed by atoms with Crippen molar-refractivity contribution in [1.82, 2.24) is 9.88 Å². The first kappa shape index (κ1) is 14.7. The molecule has 1 aliphatic rings. The summed E-state index contributed by atoms with van der Waals surface area (Å²) in [6.07, 6.45) is 2.57. The second kappa shape index (κ2) is 6.13. The minimum absolute atomic E-state index is 0.166. The Morgan fingerprint density at radius 3 is 3.05 bits per heavy atom. The van der Waals surface area contributed by atoms with Gasteiger partial charge in [-0.3, -0.25) is 9.59 Å². The molecule has 1 N–H and O–H groups in total. The lowest BCUT2D eigenvalue weighted by atomic mass is 10.2. The molecule has 0 bridgehead atoms. The van der Waals surface area contributed by atoms with Crippen molar-refractivity contribution >= 4 is 33.6 Å². The van der Waals surface area contributed by atoms with Gasteiger partial charge < -0.3 is 9.88 Å². The highest BCUT2D eigenvalue weighted by Gasteiger charge is 2.26. The summed E-state index contributed by atoms with van der Waals surface area (Å²) in [6, 6.07) is 0. The van der Waals surface area contributed by atoms with Crippen LogP contribution in [0.3, 0.4) is 0 Å².